The molecule has 0 aliphatic carbocycles. The van der Waals surface area contributed by atoms with Crippen molar-refractivity contribution in [3.05, 3.63) is 11.6 Å². The van der Waals surface area contributed by atoms with Crippen LogP contribution in [-0.4, -0.2) is 53.8 Å². The number of sulfonamides is 1. The summed E-state index contributed by atoms with van der Waals surface area (Å²) in [7, 11) is -1.71. The fraction of sp³-hybridized carbons (Fsp3) is 0.778. The molecule has 0 saturated heterocycles. The second-order valence-electron chi connectivity index (χ2n) is 3.76. The van der Waals surface area contributed by atoms with Crippen LogP contribution in [0, 0.1) is 6.92 Å². The molecule has 0 spiro atoms. The lowest BCUT2D eigenvalue weighted by molar-refractivity contribution is 0.456. The third-order valence-electron chi connectivity index (χ3n) is 2.27. The van der Waals surface area contributed by atoms with Gasteiger partial charge in [-0.25, -0.2) is 13.4 Å². The number of aromatic nitrogens is 3. The van der Waals surface area contributed by atoms with E-state index >= 15 is 0 Å². The number of nitrogens with one attached hydrogen (secondary N) is 2. The van der Waals surface area contributed by atoms with Crippen LogP contribution in [0.2, 0.25) is 0 Å². The number of H-pyrrole nitrogens is 1. The highest BCUT2D eigenvalue weighted by molar-refractivity contribution is 7.89. The molecule has 0 aliphatic heterocycles. The Labute approximate surface area is 102 Å². The van der Waals surface area contributed by atoms with Crippen molar-refractivity contribution in [2.24, 2.45) is 0 Å². The Kier molecular flexibility index (Phi) is 5.03. The van der Waals surface area contributed by atoms with E-state index in [4.69, 9.17) is 0 Å². The molecule has 1 heterocycles. The van der Waals surface area contributed by atoms with Gasteiger partial charge in [-0.15, -0.1) is 0 Å². The van der Waals surface area contributed by atoms with Gasteiger partial charge in [-0.3, -0.25) is 5.10 Å². The van der Waals surface area contributed by atoms with Crippen LogP contribution in [0.25, 0.3) is 0 Å². The summed E-state index contributed by atoms with van der Waals surface area (Å²) < 4.78 is 24.9. The molecule has 1 aromatic heterocycles. The van der Waals surface area contributed by atoms with Gasteiger partial charge in [0, 0.05) is 13.6 Å². The predicted octanol–water partition coefficient (Wildman–Crippen LogP) is -0.516. The van der Waals surface area contributed by atoms with Gasteiger partial charge in [0.1, 0.15) is 5.82 Å². The van der Waals surface area contributed by atoms with Gasteiger partial charge in [-0.1, -0.05) is 6.92 Å². The molecule has 1 rings (SSSR count). The quantitative estimate of drug-likeness (QED) is 0.645. The molecule has 2 N–H and O–H groups in total. The van der Waals surface area contributed by atoms with Crippen molar-refractivity contribution in [2.75, 3.05) is 25.9 Å². The van der Waals surface area contributed by atoms with E-state index in [1.807, 2.05) is 6.92 Å². The van der Waals surface area contributed by atoms with Gasteiger partial charge in [0.2, 0.25) is 10.0 Å². The maximum absolute atomic E-state index is 11.8. The van der Waals surface area contributed by atoms with Crippen molar-refractivity contribution in [3.63, 3.8) is 0 Å². The highest BCUT2D eigenvalue weighted by Crippen LogP contribution is 2.03. The topological polar surface area (TPSA) is 91.0 Å². The van der Waals surface area contributed by atoms with Crippen molar-refractivity contribution in [2.45, 2.75) is 20.4 Å². The van der Waals surface area contributed by atoms with E-state index in [2.05, 4.69) is 20.5 Å². The molecule has 0 aliphatic rings. The first-order valence-corrected chi connectivity index (χ1v) is 7.09. The second kappa shape index (κ2) is 6.08. The van der Waals surface area contributed by atoms with E-state index in [1.165, 1.54) is 11.4 Å². The Bertz CT molecular complexity index is 442. The minimum atomic E-state index is -3.24. The Morgan fingerprint density at radius 2 is 2.18 bits per heavy atom. The fourth-order valence-electron chi connectivity index (χ4n) is 1.29. The van der Waals surface area contributed by atoms with Crippen LogP contribution in [0.3, 0.4) is 0 Å². The Hall–Kier alpha value is -0.990. The fourth-order valence-corrected chi connectivity index (χ4v) is 2.32. The largest absolute Gasteiger partial charge is 0.316 e. The molecular formula is C9H19N5O2S. The summed E-state index contributed by atoms with van der Waals surface area (Å²) in [6, 6.07) is 0. The maximum Gasteiger partial charge on any atom is 0.215 e. The van der Waals surface area contributed by atoms with Gasteiger partial charge in [0.15, 0.2) is 5.82 Å². The molecule has 0 aromatic carbocycles. The first-order chi connectivity index (χ1) is 7.95. The molecule has 98 valence electrons. The Morgan fingerprint density at radius 1 is 1.47 bits per heavy atom. The van der Waals surface area contributed by atoms with Gasteiger partial charge in [-0.05, 0) is 13.5 Å². The van der Waals surface area contributed by atoms with Gasteiger partial charge in [-0.2, -0.15) is 9.40 Å². The van der Waals surface area contributed by atoms with Crippen molar-refractivity contribution in [1.82, 2.24) is 24.8 Å². The van der Waals surface area contributed by atoms with Gasteiger partial charge >= 0.3 is 0 Å². The summed E-state index contributed by atoms with van der Waals surface area (Å²) in [6.45, 7) is 5.12. The van der Waals surface area contributed by atoms with E-state index in [9.17, 15) is 8.42 Å². The highest BCUT2D eigenvalue weighted by Gasteiger charge is 2.18. The van der Waals surface area contributed by atoms with Crippen LogP contribution >= 0.6 is 0 Å². The number of aromatic amines is 1. The molecular weight excluding hydrogens is 242 g/mol. The zero-order valence-corrected chi connectivity index (χ0v) is 11.2. The van der Waals surface area contributed by atoms with E-state index in [1.54, 1.807) is 6.92 Å². The van der Waals surface area contributed by atoms with Crippen molar-refractivity contribution in [3.8, 4) is 0 Å². The molecule has 1 aromatic rings. The molecule has 0 amide bonds. The van der Waals surface area contributed by atoms with Gasteiger partial charge in [0.25, 0.3) is 0 Å². The lowest BCUT2D eigenvalue weighted by Gasteiger charge is -2.15. The Balaban J connectivity index is 2.53. The minimum Gasteiger partial charge on any atom is -0.316 e. The molecule has 17 heavy (non-hydrogen) atoms. The van der Waals surface area contributed by atoms with Gasteiger partial charge < -0.3 is 5.32 Å². The Morgan fingerprint density at radius 3 is 2.71 bits per heavy atom. The smallest absolute Gasteiger partial charge is 0.215 e. The monoisotopic (exact) mass is 261 g/mol. The number of aryl methyl sites for hydroxylation is 1. The SMILES string of the molecule is CCNCCS(=O)(=O)N(C)Cc1n[nH]c(C)n1. The van der Waals surface area contributed by atoms with Crippen LogP contribution in [0.15, 0.2) is 0 Å². The van der Waals surface area contributed by atoms with Crippen molar-refractivity contribution < 1.29 is 8.42 Å². The minimum absolute atomic E-state index is 0.0841. The molecule has 0 saturated carbocycles. The standard InChI is InChI=1S/C9H19N5O2S/c1-4-10-5-6-17(15,16)14(3)7-9-11-8(2)12-13-9/h10H,4-7H2,1-3H3,(H,11,12,13). The number of hydrogen-bond acceptors (Lipinski definition) is 5. The molecule has 7 nitrogen and oxygen atoms in total. The van der Waals surface area contributed by atoms with Crippen LogP contribution < -0.4 is 5.32 Å². The maximum atomic E-state index is 11.8. The molecule has 0 bridgehead atoms. The van der Waals surface area contributed by atoms with Crippen LogP contribution in [0.1, 0.15) is 18.6 Å². The zero-order chi connectivity index (χ0) is 12.9. The lowest BCUT2D eigenvalue weighted by Crippen LogP contribution is -2.33. The normalized spacial score (nSPS) is 12.2. The van der Waals surface area contributed by atoms with Crippen LogP contribution in [0.4, 0.5) is 0 Å². The third-order valence-corrected chi connectivity index (χ3v) is 4.07. The molecule has 0 fully saturated rings. The van der Waals surface area contributed by atoms with Crippen molar-refractivity contribution in [1.29, 1.82) is 0 Å². The predicted molar refractivity (Wildman–Crippen MR) is 64.9 cm³/mol. The summed E-state index contributed by atoms with van der Waals surface area (Å²) in [6.07, 6.45) is 0. The first kappa shape index (κ1) is 14.1. The summed E-state index contributed by atoms with van der Waals surface area (Å²) in [4.78, 5) is 4.07. The van der Waals surface area contributed by atoms with Crippen LogP contribution in [0.5, 0.6) is 0 Å². The summed E-state index contributed by atoms with van der Waals surface area (Å²) in [5.74, 6) is 1.25. The molecule has 8 heteroatoms. The number of nitrogens with zero attached hydrogens (tertiary/aromatic N) is 3. The zero-order valence-electron chi connectivity index (χ0n) is 10.4. The number of hydrogen-bond donors (Lipinski definition) is 2. The third kappa shape index (κ3) is 4.41. The molecule has 0 radical (unpaired) electrons. The average molecular weight is 261 g/mol. The van der Waals surface area contributed by atoms with E-state index in [0.717, 1.165) is 6.54 Å². The van der Waals surface area contributed by atoms with Crippen molar-refractivity contribution >= 4 is 10.0 Å². The summed E-state index contributed by atoms with van der Waals surface area (Å²) in [5.41, 5.74) is 0. The summed E-state index contributed by atoms with van der Waals surface area (Å²) >= 11 is 0. The van der Waals surface area contributed by atoms with E-state index < -0.39 is 10.0 Å². The van der Waals surface area contributed by atoms with E-state index in [-0.39, 0.29) is 12.3 Å². The van der Waals surface area contributed by atoms with Crippen LogP contribution in [-0.2, 0) is 16.6 Å². The number of rotatable bonds is 7. The van der Waals surface area contributed by atoms with E-state index in [0.29, 0.717) is 18.2 Å². The first-order valence-electron chi connectivity index (χ1n) is 5.48. The lowest BCUT2D eigenvalue weighted by atomic mass is 10.6. The summed E-state index contributed by atoms with van der Waals surface area (Å²) in [5, 5.41) is 9.57. The second-order valence-corrected chi connectivity index (χ2v) is 5.96. The molecule has 0 atom stereocenters. The highest BCUT2D eigenvalue weighted by atomic mass is 32.2. The average Bonchev–Trinajstić information content (AvgIpc) is 2.64. The van der Waals surface area contributed by atoms with Gasteiger partial charge in [0.05, 0.1) is 12.3 Å². The molecule has 0 unspecified atom stereocenters.